The Morgan fingerprint density at radius 3 is 2.80 bits per heavy atom. The molecule has 1 aromatic carbocycles. The van der Waals surface area contributed by atoms with Gasteiger partial charge < -0.3 is 20.3 Å². The molecule has 5 heteroatoms. The van der Waals surface area contributed by atoms with Gasteiger partial charge in [-0.05, 0) is 6.92 Å². The van der Waals surface area contributed by atoms with Crippen molar-refractivity contribution in [1.29, 1.82) is 0 Å². The van der Waals surface area contributed by atoms with Crippen LogP contribution in [0.3, 0.4) is 0 Å². The largest absolute Gasteiger partial charge is 0.486 e. The summed E-state index contributed by atoms with van der Waals surface area (Å²) in [5, 5.41) is 8.97. The van der Waals surface area contributed by atoms with Gasteiger partial charge in [-0.3, -0.25) is 0 Å². The van der Waals surface area contributed by atoms with E-state index in [1.807, 2.05) is 0 Å². The second-order valence-corrected chi connectivity index (χ2v) is 3.30. The lowest BCUT2D eigenvalue weighted by Gasteiger charge is -2.21. The molecule has 0 aliphatic carbocycles. The maximum atomic E-state index is 11.0. The quantitative estimate of drug-likeness (QED) is 0.675. The van der Waals surface area contributed by atoms with Crippen molar-refractivity contribution in [2.45, 2.75) is 6.92 Å². The maximum absolute atomic E-state index is 11.0. The Morgan fingerprint density at radius 2 is 2.13 bits per heavy atom. The fourth-order valence-corrected chi connectivity index (χ4v) is 1.66. The van der Waals surface area contributed by atoms with Crippen LogP contribution in [0.25, 0.3) is 0 Å². The van der Waals surface area contributed by atoms with Gasteiger partial charge in [0.1, 0.15) is 13.2 Å². The maximum Gasteiger partial charge on any atom is 0.338 e. The van der Waals surface area contributed by atoms with Crippen LogP contribution >= 0.6 is 0 Å². The normalized spacial score (nSPS) is 13.7. The van der Waals surface area contributed by atoms with Crippen molar-refractivity contribution in [1.82, 2.24) is 0 Å². The van der Waals surface area contributed by atoms with E-state index in [-0.39, 0.29) is 11.3 Å². The molecule has 2 rings (SSSR count). The highest BCUT2D eigenvalue weighted by Gasteiger charge is 2.22. The van der Waals surface area contributed by atoms with Crippen molar-refractivity contribution < 1.29 is 19.4 Å². The van der Waals surface area contributed by atoms with Gasteiger partial charge in [0.15, 0.2) is 11.5 Å². The lowest BCUT2D eigenvalue weighted by Crippen LogP contribution is -2.18. The first-order valence-electron chi connectivity index (χ1n) is 4.53. The number of hydrogen-bond donors (Lipinski definition) is 2. The Morgan fingerprint density at radius 1 is 1.47 bits per heavy atom. The highest BCUT2D eigenvalue weighted by molar-refractivity contribution is 5.96. The number of aromatic carboxylic acids is 1. The second-order valence-electron chi connectivity index (χ2n) is 3.30. The van der Waals surface area contributed by atoms with Crippen LogP contribution in [0, 0.1) is 6.92 Å². The zero-order valence-electron chi connectivity index (χ0n) is 8.24. The summed E-state index contributed by atoms with van der Waals surface area (Å²) in [7, 11) is 0. The third-order valence-electron chi connectivity index (χ3n) is 2.32. The Balaban J connectivity index is 2.64. The van der Waals surface area contributed by atoms with E-state index in [0.29, 0.717) is 30.3 Å². The van der Waals surface area contributed by atoms with E-state index < -0.39 is 5.97 Å². The van der Waals surface area contributed by atoms with Crippen molar-refractivity contribution in [2.24, 2.45) is 0 Å². The van der Waals surface area contributed by atoms with Gasteiger partial charge in [-0.2, -0.15) is 0 Å². The van der Waals surface area contributed by atoms with E-state index in [1.165, 1.54) is 6.07 Å². The number of carboxylic acid groups (broad SMARTS) is 1. The molecule has 80 valence electrons. The van der Waals surface area contributed by atoms with Crippen LogP contribution in [0.5, 0.6) is 11.5 Å². The zero-order chi connectivity index (χ0) is 11.0. The summed E-state index contributed by atoms with van der Waals surface area (Å²) in [6.07, 6.45) is 0. The lowest BCUT2D eigenvalue weighted by atomic mass is 10.0. The monoisotopic (exact) mass is 209 g/mol. The van der Waals surface area contributed by atoms with Crippen LogP contribution in [0.1, 0.15) is 15.9 Å². The summed E-state index contributed by atoms with van der Waals surface area (Å²) >= 11 is 0. The summed E-state index contributed by atoms with van der Waals surface area (Å²) in [4.78, 5) is 11.0. The van der Waals surface area contributed by atoms with Crippen LogP contribution in [0.4, 0.5) is 5.69 Å². The predicted molar refractivity (Wildman–Crippen MR) is 53.5 cm³/mol. The van der Waals surface area contributed by atoms with Crippen LogP contribution in [-0.2, 0) is 0 Å². The molecule has 15 heavy (non-hydrogen) atoms. The minimum Gasteiger partial charge on any atom is -0.486 e. The van der Waals surface area contributed by atoms with Crippen LogP contribution in [0.2, 0.25) is 0 Å². The van der Waals surface area contributed by atoms with E-state index in [0.717, 1.165) is 0 Å². The third-order valence-corrected chi connectivity index (χ3v) is 2.32. The number of anilines is 1. The molecular weight excluding hydrogens is 198 g/mol. The molecule has 5 nitrogen and oxygen atoms in total. The third kappa shape index (κ3) is 1.45. The Bertz CT molecular complexity index is 428. The molecule has 0 saturated heterocycles. The van der Waals surface area contributed by atoms with Crippen molar-refractivity contribution in [3.8, 4) is 11.5 Å². The topological polar surface area (TPSA) is 81.8 Å². The highest BCUT2D eigenvalue weighted by atomic mass is 16.6. The first kappa shape index (κ1) is 9.64. The fraction of sp³-hybridized carbons (Fsp3) is 0.300. The molecule has 0 atom stereocenters. The number of ether oxygens (including phenoxy) is 2. The van der Waals surface area contributed by atoms with Gasteiger partial charge in [0, 0.05) is 11.6 Å². The molecule has 0 fully saturated rings. The summed E-state index contributed by atoms with van der Waals surface area (Å²) in [6, 6.07) is 1.49. The number of hydrogen-bond acceptors (Lipinski definition) is 4. The van der Waals surface area contributed by atoms with Crippen LogP contribution < -0.4 is 15.2 Å². The molecule has 0 radical (unpaired) electrons. The van der Waals surface area contributed by atoms with E-state index in [2.05, 4.69) is 0 Å². The molecule has 0 amide bonds. The number of carbonyl (C=O) groups is 1. The average molecular weight is 209 g/mol. The van der Waals surface area contributed by atoms with Crippen molar-refractivity contribution in [3.63, 3.8) is 0 Å². The fourth-order valence-electron chi connectivity index (χ4n) is 1.66. The number of nitrogens with two attached hydrogens (primary N) is 1. The first-order valence-corrected chi connectivity index (χ1v) is 4.53. The molecule has 3 N–H and O–H groups in total. The molecule has 0 spiro atoms. The van der Waals surface area contributed by atoms with Gasteiger partial charge in [-0.25, -0.2) is 4.79 Å². The van der Waals surface area contributed by atoms with E-state index >= 15 is 0 Å². The standard InChI is InChI=1S/C10H11NO4/c1-5-8(10(12)13)6(11)4-7-9(5)15-3-2-14-7/h4H,2-3,11H2,1H3,(H,12,13). The number of carboxylic acids is 1. The van der Waals surface area contributed by atoms with Crippen LogP contribution in [0.15, 0.2) is 6.07 Å². The molecule has 1 aromatic rings. The number of fused-ring (bicyclic) bond motifs is 1. The summed E-state index contributed by atoms with van der Waals surface area (Å²) in [6.45, 7) is 2.54. The molecule has 0 unspecified atom stereocenters. The first-order chi connectivity index (χ1) is 7.11. The van der Waals surface area contributed by atoms with Crippen LogP contribution in [-0.4, -0.2) is 24.3 Å². The van der Waals surface area contributed by atoms with Gasteiger partial charge in [-0.1, -0.05) is 0 Å². The number of benzene rings is 1. The molecule has 0 bridgehead atoms. The van der Waals surface area contributed by atoms with Crippen molar-refractivity contribution in [2.75, 3.05) is 18.9 Å². The Hall–Kier alpha value is -1.91. The molecule has 0 aromatic heterocycles. The summed E-state index contributed by atoms with van der Waals surface area (Å²) in [5.41, 5.74) is 6.42. The van der Waals surface area contributed by atoms with E-state index in [1.54, 1.807) is 6.92 Å². The van der Waals surface area contributed by atoms with Gasteiger partial charge in [0.2, 0.25) is 0 Å². The van der Waals surface area contributed by atoms with Gasteiger partial charge >= 0.3 is 5.97 Å². The van der Waals surface area contributed by atoms with Gasteiger partial charge in [0.25, 0.3) is 0 Å². The number of nitrogen functional groups attached to an aromatic ring is 1. The Kier molecular flexibility index (Phi) is 2.15. The molecule has 0 saturated carbocycles. The summed E-state index contributed by atoms with van der Waals surface area (Å²) < 4.78 is 10.7. The average Bonchev–Trinajstić information content (AvgIpc) is 2.17. The lowest BCUT2D eigenvalue weighted by molar-refractivity contribution is 0.0696. The molecular formula is C10H11NO4. The minimum absolute atomic E-state index is 0.0826. The predicted octanol–water partition coefficient (Wildman–Crippen LogP) is 1.05. The second kappa shape index (κ2) is 3.34. The number of rotatable bonds is 1. The minimum atomic E-state index is -1.05. The summed E-state index contributed by atoms with van der Waals surface area (Å²) in [5.74, 6) is -0.0592. The Labute approximate surface area is 86.4 Å². The highest BCUT2D eigenvalue weighted by Crippen LogP contribution is 2.38. The van der Waals surface area contributed by atoms with E-state index in [9.17, 15) is 4.79 Å². The van der Waals surface area contributed by atoms with Crippen molar-refractivity contribution in [3.05, 3.63) is 17.2 Å². The van der Waals surface area contributed by atoms with Gasteiger partial charge in [-0.15, -0.1) is 0 Å². The van der Waals surface area contributed by atoms with Crippen molar-refractivity contribution >= 4 is 11.7 Å². The molecule has 1 aliphatic rings. The van der Waals surface area contributed by atoms with E-state index in [4.69, 9.17) is 20.3 Å². The molecule has 1 aliphatic heterocycles. The molecule has 1 heterocycles. The van der Waals surface area contributed by atoms with Gasteiger partial charge in [0.05, 0.1) is 11.3 Å². The smallest absolute Gasteiger partial charge is 0.338 e. The SMILES string of the molecule is Cc1c2c(cc(N)c1C(=O)O)OCCO2. The zero-order valence-corrected chi connectivity index (χ0v) is 8.24.